The van der Waals surface area contributed by atoms with Gasteiger partial charge in [0.2, 0.25) is 0 Å². The summed E-state index contributed by atoms with van der Waals surface area (Å²) in [5.41, 5.74) is 2.65. The van der Waals surface area contributed by atoms with Crippen molar-refractivity contribution in [1.82, 2.24) is 15.1 Å². The first-order valence-corrected chi connectivity index (χ1v) is 6.71. The zero-order valence-corrected chi connectivity index (χ0v) is 11.3. The van der Waals surface area contributed by atoms with Crippen molar-refractivity contribution in [3.63, 3.8) is 0 Å². The molecule has 0 amide bonds. The Bertz CT molecular complexity index is 733. The minimum atomic E-state index is -0.241. The van der Waals surface area contributed by atoms with E-state index in [4.69, 9.17) is 0 Å². The van der Waals surface area contributed by atoms with Crippen molar-refractivity contribution in [3.8, 4) is 5.69 Å². The smallest absolute Gasteiger partial charge is 0.125 e. The maximum absolute atomic E-state index is 13.8. The summed E-state index contributed by atoms with van der Waals surface area (Å²) in [6.07, 6.45) is 1.80. The highest BCUT2D eigenvalue weighted by molar-refractivity contribution is 5.80. The average Bonchev–Trinajstić information content (AvgIpc) is 2.88. The molecule has 0 fully saturated rings. The number of halogens is 1. The highest BCUT2D eigenvalue weighted by Crippen LogP contribution is 2.20. The van der Waals surface area contributed by atoms with Gasteiger partial charge in [-0.15, -0.1) is 0 Å². The molecule has 3 rings (SSSR count). The molecule has 0 aliphatic rings. The minimum absolute atomic E-state index is 0.241. The molecule has 0 unspecified atom stereocenters. The predicted octanol–water partition coefficient (Wildman–Crippen LogP) is 3.27. The standard InChI is InChI=1S/C16H16FN3/c1-2-18-10-12-7-14(17)9-15(8-12)20-16-6-4-3-5-13(16)11-19-20/h3-9,11,18H,2,10H2,1H3. The molecule has 0 spiro atoms. The van der Waals surface area contributed by atoms with E-state index in [0.29, 0.717) is 6.54 Å². The van der Waals surface area contributed by atoms with Crippen LogP contribution in [0, 0.1) is 5.82 Å². The third-order valence-corrected chi connectivity index (χ3v) is 3.24. The van der Waals surface area contributed by atoms with Gasteiger partial charge in [0.25, 0.3) is 0 Å². The molecule has 4 heteroatoms. The van der Waals surface area contributed by atoms with E-state index < -0.39 is 0 Å². The van der Waals surface area contributed by atoms with E-state index in [9.17, 15) is 4.39 Å². The van der Waals surface area contributed by atoms with Gasteiger partial charge in [-0.05, 0) is 36.4 Å². The van der Waals surface area contributed by atoms with Crippen molar-refractivity contribution in [1.29, 1.82) is 0 Å². The second kappa shape index (κ2) is 5.43. The van der Waals surface area contributed by atoms with Crippen LogP contribution in [0.2, 0.25) is 0 Å². The fraction of sp³-hybridized carbons (Fsp3) is 0.188. The van der Waals surface area contributed by atoms with Gasteiger partial charge in [-0.1, -0.05) is 25.1 Å². The van der Waals surface area contributed by atoms with Gasteiger partial charge in [0.05, 0.1) is 17.4 Å². The molecule has 3 nitrogen and oxygen atoms in total. The van der Waals surface area contributed by atoms with Gasteiger partial charge in [-0.2, -0.15) is 5.10 Å². The number of aromatic nitrogens is 2. The largest absolute Gasteiger partial charge is 0.313 e. The number of hydrogen-bond acceptors (Lipinski definition) is 2. The number of fused-ring (bicyclic) bond motifs is 1. The van der Waals surface area contributed by atoms with Crippen LogP contribution in [0.3, 0.4) is 0 Å². The van der Waals surface area contributed by atoms with E-state index in [-0.39, 0.29) is 5.82 Å². The molecule has 0 saturated carbocycles. The molecule has 3 aromatic rings. The van der Waals surface area contributed by atoms with Crippen molar-refractivity contribution >= 4 is 10.9 Å². The lowest BCUT2D eigenvalue weighted by atomic mass is 10.2. The van der Waals surface area contributed by atoms with Gasteiger partial charge >= 0.3 is 0 Å². The summed E-state index contributed by atoms with van der Waals surface area (Å²) in [6, 6.07) is 12.9. The number of para-hydroxylation sites is 1. The fourth-order valence-corrected chi connectivity index (χ4v) is 2.30. The molecule has 1 N–H and O–H groups in total. The van der Waals surface area contributed by atoms with Crippen LogP contribution in [-0.4, -0.2) is 16.3 Å². The molecule has 0 atom stereocenters. The van der Waals surface area contributed by atoms with Crippen molar-refractivity contribution in [2.45, 2.75) is 13.5 Å². The molecule has 0 saturated heterocycles. The Morgan fingerprint density at radius 2 is 2.05 bits per heavy atom. The average molecular weight is 269 g/mol. The van der Waals surface area contributed by atoms with Gasteiger partial charge in [-0.25, -0.2) is 9.07 Å². The van der Waals surface area contributed by atoms with Crippen LogP contribution in [0.4, 0.5) is 4.39 Å². The fourth-order valence-electron chi connectivity index (χ4n) is 2.30. The Kier molecular flexibility index (Phi) is 3.48. The molecule has 1 heterocycles. The zero-order chi connectivity index (χ0) is 13.9. The lowest BCUT2D eigenvalue weighted by Crippen LogP contribution is -2.12. The van der Waals surface area contributed by atoms with Crippen LogP contribution in [-0.2, 0) is 6.54 Å². The molecule has 102 valence electrons. The molecule has 0 radical (unpaired) electrons. The first kappa shape index (κ1) is 12.8. The quantitative estimate of drug-likeness (QED) is 0.787. The molecule has 2 aromatic carbocycles. The number of nitrogens with one attached hydrogen (secondary N) is 1. The van der Waals surface area contributed by atoms with Crippen molar-refractivity contribution in [3.05, 3.63) is 60.0 Å². The minimum Gasteiger partial charge on any atom is -0.313 e. The number of nitrogens with zero attached hydrogens (tertiary/aromatic N) is 2. The van der Waals surface area contributed by atoms with Gasteiger partial charge in [0.1, 0.15) is 5.82 Å². The third-order valence-electron chi connectivity index (χ3n) is 3.24. The van der Waals surface area contributed by atoms with Crippen LogP contribution in [0.25, 0.3) is 16.6 Å². The molecule has 0 aliphatic heterocycles. The lowest BCUT2D eigenvalue weighted by molar-refractivity contribution is 0.619. The first-order valence-electron chi connectivity index (χ1n) is 6.71. The zero-order valence-electron chi connectivity index (χ0n) is 11.3. The van der Waals surface area contributed by atoms with Crippen molar-refractivity contribution in [2.24, 2.45) is 0 Å². The predicted molar refractivity (Wildman–Crippen MR) is 78.4 cm³/mol. The number of rotatable bonds is 4. The highest BCUT2D eigenvalue weighted by atomic mass is 19.1. The summed E-state index contributed by atoms with van der Waals surface area (Å²) in [7, 11) is 0. The SMILES string of the molecule is CCNCc1cc(F)cc(-n2ncc3ccccc32)c1. The highest BCUT2D eigenvalue weighted by Gasteiger charge is 2.07. The number of hydrogen-bond donors (Lipinski definition) is 1. The van der Waals surface area contributed by atoms with Crippen LogP contribution < -0.4 is 5.32 Å². The Labute approximate surface area is 117 Å². The van der Waals surface area contributed by atoms with E-state index in [1.54, 1.807) is 16.9 Å². The second-order valence-electron chi connectivity index (χ2n) is 4.71. The molecular weight excluding hydrogens is 253 g/mol. The molecule has 20 heavy (non-hydrogen) atoms. The first-order chi connectivity index (χ1) is 9.78. The second-order valence-corrected chi connectivity index (χ2v) is 4.71. The van der Waals surface area contributed by atoms with E-state index >= 15 is 0 Å². The van der Waals surface area contributed by atoms with Crippen LogP contribution in [0.1, 0.15) is 12.5 Å². The topological polar surface area (TPSA) is 29.9 Å². The summed E-state index contributed by atoms with van der Waals surface area (Å²) < 4.78 is 15.5. The van der Waals surface area contributed by atoms with Crippen molar-refractivity contribution < 1.29 is 4.39 Å². The van der Waals surface area contributed by atoms with Gasteiger partial charge in [0, 0.05) is 11.9 Å². The summed E-state index contributed by atoms with van der Waals surface area (Å²) in [4.78, 5) is 0. The maximum Gasteiger partial charge on any atom is 0.125 e. The van der Waals surface area contributed by atoms with Crippen LogP contribution in [0.5, 0.6) is 0 Å². The van der Waals surface area contributed by atoms with Crippen molar-refractivity contribution in [2.75, 3.05) is 6.54 Å². The summed E-state index contributed by atoms with van der Waals surface area (Å²) in [5, 5.41) is 8.61. The normalized spacial score (nSPS) is 11.1. The van der Waals surface area contributed by atoms with E-state index in [1.165, 1.54) is 6.07 Å². The Hall–Kier alpha value is -2.20. The lowest BCUT2D eigenvalue weighted by Gasteiger charge is -2.08. The molecule has 1 aromatic heterocycles. The number of benzene rings is 2. The van der Waals surface area contributed by atoms with E-state index in [1.807, 2.05) is 37.3 Å². The summed E-state index contributed by atoms with van der Waals surface area (Å²) >= 11 is 0. The van der Waals surface area contributed by atoms with Gasteiger partial charge in [-0.3, -0.25) is 0 Å². The molecular formula is C16H16FN3. The Morgan fingerprint density at radius 3 is 2.90 bits per heavy atom. The summed E-state index contributed by atoms with van der Waals surface area (Å²) in [6.45, 7) is 3.54. The van der Waals surface area contributed by atoms with Crippen LogP contribution in [0.15, 0.2) is 48.7 Å². The monoisotopic (exact) mass is 269 g/mol. The van der Waals surface area contributed by atoms with Gasteiger partial charge in [0.15, 0.2) is 0 Å². The van der Waals surface area contributed by atoms with Crippen LogP contribution >= 0.6 is 0 Å². The van der Waals surface area contributed by atoms with E-state index in [2.05, 4.69) is 10.4 Å². The van der Waals surface area contributed by atoms with Gasteiger partial charge < -0.3 is 5.32 Å². The Morgan fingerprint density at radius 1 is 1.20 bits per heavy atom. The molecule has 0 bridgehead atoms. The maximum atomic E-state index is 13.8. The third kappa shape index (κ3) is 2.42. The summed E-state index contributed by atoms with van der Waals surface area (Å²) in [5.74, 6) is -0.241. The molecule has 0 aliphatic carbocycles. The Balaban J connectivity index is 2.07. The van der Waals surface area contributed by atoms with E-state index in [0.717, 1.165) is 28.7 Å².